The summed E-state index contributed by atoms with van der Waals surface area (Å²) in [6.45, 7) is 3.71. The molecule has 1 atom stereocenters. The number of nitrogens with zero attached hydrogens (tertiary/aromatic N) is 5. The number of aromatic amines is 1. The molecule has 1 unspecified atom stereocenters. The average Bonchev–Trinajstić information content (AvgIpc) is 3.55. The Morgan fingerprint density at radius 2 is 2.05 bits per heavy atom. The van der Waals surface area contributed by atoms with Gasteiger partial charge in [0.15, 0.2) is 23.1 Å². The Morgan fingerprint density at radius 3 is 2.76 bits per heavy atom. The van der Waals surface area contributed by atoms with Gasteiger partial charge in [-0.3, -0.25) is 9.78 Å². The molecule has 0 spiro atoms. The molecule has 5 heterocycles. The number of pyridine rings is 1. The molecule has 0 aromatic carbocycles. The lowest BCUT2D eigenvalue weighted by atomic mass is 9.79. The van der Waals surface area contributed by atoms with Crippen molar-refractivity contribution in [2.24, 2.45) is 0 Å². The van der Waals surface area contributed by atoms with Crippen molar-refractivity contribution in [1.82, 2.24) is 29.9 Å². The summed E-state index contributed by atoms with van der Waals surface area (Å²) in [6.07, 6.45) is 4.37. The maximum atomic E-state index is 15.9. The van der Waals surface area contributed by atoms with Crippen molar-refractivity contribution in [3.05, 3.63) is 71.0 Å². The van der Waals surface area contributed by atoms with Crippen molar-refractivity contribution < 1.29 is 14.3 Å². The van der Waals surface area contributed by atoms with Gasteiger partial charge in [-0.1, -0.05) is 37.6 Å². The van der Waals surface area contributed by atoms with Gasteiger partial charge >= 0.3 is 5.97 Å². The zero-order chi connectivity index (χ0) is 26.2. The molecule has 3 N–H and O–H groups in total. The highest BCUT2D eigenvalue weighted by Gasteiger charge is 2.35. The zero-order valence-corrected chi connectivity index (χ0v) is 21.3. The Balaban J connectivity index is 1.66. The van der Waals surface area contributed by atoms with E-state index >= 15 is 4.39 Å². The Hall–Kier alpha value is -3.96. The number of halogens is 2. The first kappa shape index (κ1) is 24.7. The monoisotopic (exact) mass is 537 g/mol. The largest absolute Gasteiger partial charge is 0.481 e. The summed E-state index contributed by atoms with van der Waals surface area (Å²) in [6, 6.07) is 8.20. The minimum atomic E-state index is -1.05. The predicted octanol–water partition coefficient (Wildman–Crippen LogP) is 5.56. The highest BCUT2D eigenvalue weighted by atomic mass is 35.5. The van der Waals surface area contributed by atoms with Crippen LogP contribution < -0.4 is 5.32 Å². The normalized spacial score (nSPS) is 12.5. The summed E-state index contributed by atoms with van der Waals surface area (Å²) in [4.78, 5) is 37.4. The summed E-state index contributed by atoms with van der Waals surface area (Å²) in [7, 11) is 0. The number of aromatic nitrogens is 6. The minimum Gasteiger partial charge on any atom is -0.481 e. The molecule has 0 saturated heterocycles. The van der Waals surface area contributed by atoms with E-state index in [2.05, 4.69) is 35.2 Å². The number of carbonyl (C=O) groups is 1. The van der Waals surface area contributed by atoms with Crippen LogP contribution >= 0.6 is 22.9 Å². The maximum Gasteiger partial charge on any atom is 0.305 e. The van der Waals surface area contributed by atoms with Gasteiger partial charge in [0.25, 0.3) is 0 Å². The van der Waals surface area contributed by atoms with E-state index in [9.17, 15) is 9.90 Å². The number of thiophene rings is 1. The van der Waals surface area contributed by atoms with Gasteiger partial charge < -0.3 is 15.4 Å². The van der Waals surface area contributed by atoms with E-state index in [1.54, 1.807) is 30.6 Å². The summed E-state index contributed by atoms with van der Waals surface area (Å²) < 4.78 is 15.9. The first-order valence-electron chi connectivity index (χ1n) is 11.2. The van der Waals surface area contributed by atoms with E-state index in [1.165, 1.54) is 17.5 Å². The standard InChI is InChI=1S/C25H21ClFN7O2S/c1-25(2,15-7-3-4-8-28-15)16(10-18(35)36)31-23-19(27)21(14-6-5-9-37-14)33-22(34-23)13-11-29-24-20(13)32-17(26)12-30-24/h3-9,11-12,16H,10H2,1-2H3,(H,29,30)(H,35,36)(H,31,33,34). The van der Waals surface area contributed by atoms with Gasteiger partial charge in [-0.15, -0.1) is 11.3 Å². The second-order valence-corrected chi connectivity index (χ2v) is 10.2. The van der Waals surface area contributed by atoms with E-state index in [4.69, 9.17) is 11.6 Å². The van der Waals surface area contributed by atoms with Gasteiger partial charge in [0.1, 0.15) is 16.4 Å². The third kappa shape index (κ3) is 4.87. The van der Waals surface area contributed by atoms with Crippen molar-refractivity contribution >= 4 is 45.9 Å². The highest BCUT2D eigenvalue weighted by molar-refractivity contribution is 7.13. The molecule has 0 amide bonds. The fraction of sp³-hybridized carbons (Fsp3) is 0.200. The number of fused-ring (bicyclic) bond motifs is 1. The predicted molar refractivity (Wildman–Crippen MR) is 140 cm³/mol. The zero-order valence-electron chi connectivity index (χ0n) is 19.7. The molecular formula is C25H21ClFN7O2S. The fourth-order valence-electron chi connectivity index (χ4n) is 4.03. The Kier molecular flexibility index (Phi) is 6.57. The fourth-order valence-corrected chi connectivity index (χ4v) is 4.87. The van der Waals surface area contributed by atoms with Gasteiger partial charge in [-0.05, 0) is 23.6 Å². The summed E-state index contributed by atoms with van der Waals surface area (Å²) in [5.41, 5.74) is 1.32. The van der Waals surface area contributed by atoms with E-state index in [1.807, 2.05) is 31.4 Å². The second kappa shape index (κ2) is 9.83. The third-order valence-corrected chi connectivity index (χ3v) is 7.14. The van der Waals surface area contributed by atoms with Gasteiger partial charge in [0.2, 0.25) is 0 Å². The molecule has 0 fully saturated rings. The first-order valence-corrected chi connectivity index (χ1v) is 12.5. The molecule has 5 rings (SSSR count). The quantitative estimate of drug-likeness (QED) is 0.234. The number of rotatable bonds is 8. The lowest BCUT2D eigenvalue weighted by molar-refractivity contribution is -0.137. The van der Waals surface area contributed by atoms with Crippen LogP contribution in [0, 0.1) is 5.82 Å². The SMILES string of the molecule is CC(C)(c1ccccn1)C(CC(=O)O)Nc1nc(-c2c[nH]c3ncc(Cl)nc23)nc(-c2cccs2)c1F. The number of anilines is 1. The van der Waals surface area contributed by atoms with Gasteiger partial charge in [-0.2, -0.15) is 0 Å². The first-order chi connectivity index (χ1) is 17.7. The smallest absolute Gasteiger partial charge is 0.305 e. The molecule has 0 aliphatic heterocycles. The van der Waals surface area contributed by atoms with Crippen LogP contribution in [0.3, 0.4) is 0 Å². The topological polar surface area (TPSA) is 130 Å². The third-order valence-electron chi connectivity index (χ3n) is 6.08. The van der Waals surface area contributed by atoms with E-state index < -0.39 is 23.2 Å². The van der Waals surface area contributed by atoms with E-state index in [0.717, 1.165) is 0 Å². The van der Waals surface area contributed by atoms with Crippen LogP contribution in [0.4, 0.5) is 10.2 Å². The molecule has 0 aliphatic carbocycles. The number of H-pyrrole nitrogens is 1. The Bertz CT molecular complexity index is 1580. The molecule has 12 heteroatoms. The maximum absolute atomic E-state index is 15.9. The number of carboxylic acids is 1. The van der Waals surface area contributed by atoms with Crippen LogP contribution in [-0.4, -0.2) is 47.0 Å². The van der Waals surface area contributed by atoms with Crippen LogP contribution in [0.1, 0.15) is 26.0 Å². The van der Waals surface area contributed by atoms with Crippen LogP contribution in [0.5, 0.6) is 0 Å². The number of nitrogens with one attached hydrogen (secondary N) is 2. The molecule has 5 aromatic heterocycles. The van der Waals surface area contributed by atoms with Crippen molar-refractivity contribution in [2.45, 2.75) is 31.7 Å². The lowest BCUT2D eigenvalue weighted by Crippen LogP contribution is -2.42. The molecule has 188 valence electrons. The minimum absolute atomic E-state index is 0.0801. The molecule has 0 radical (unpaired) electrons. The second-order valence-electron chi connectivity index (χ2n) is 8.86. The van der Waals surface area contributed by atoms with Crippen LogP contribution in [0.25, 0.3) is 33.1 Å². The van der Waals surface area contributed by atoms with Crippen molar-refractivity contribution in [3.63, 3.8) is 0 Å². The number of hydrogen-bond donors (Lipinski definition) is 3. The van der Waals surface area contributed by atoms with Gasteiger partial charge in [0, 0.05) is 29.5 Å². The molecule has 0 bridgehead atoms. The Labute approximate surface area is 219 Å². The van der Waals surface area contributed by atoms with Crippen molar-refractivity contribution in [1.29, 1.82) is 0 Å². The lowest BCUT2D eigenvalue weighted by Gasteiger charge is -2.34. The number of hydrogen-bond acceptors (Lipinski definition) is 8. The van der Waals surface area contributed by atoms with Crippen molar-refractivity contribution in [2.75, 3.05) is 5.32 Å². The molecule has 0 aliphatic rings. The number of aliphatic carboxylic acids is 1. The highest BCUT2D eigenvalue weighted by Crippen LogP contribution is 2.35. The summed E-state index contributed by atoms with van der Waals surface area (Å²) >= 11 is 7.39. The molecule has 5 aromatic rings. The van der Waals surface area contributed by atoms with Crippen LogP contribution in [0.15, 0.2) is 54.3 Å². The van der Waals surface area contributed by atoms with Crippen LogP contribution in [-0.2, 0) is 10.2 Å². The molecule has 37 heavy (non-hydrogen) atoms. The number of carboxylic acid groups (broad SMARTS) is 1. The van der Waals surface area contributed by atoms with Gasteiger partial charge in [0.05, 0.1) is 23.1 Å². The molecular weight excluding hydrogens is 517 g/mol. The molecule has 9 nitrogen and oxygen atoms in total. The Morgan fingerprint density at radius 1 is 1.22 bits per heavy atom. The molecule has 0 saturated carbocycles. The summed E-state index contributed by atoms with van der Waals surface area (Å²) in [5.74, 6) is -1.69. The van der Waals surface area contributed by atoms with Gasteiger partial charge in [-0.25, -0.2) is 24.3 Å². The van der Waals surface area contributed by atoms with Crippen molar-refractivity contribution in [3.8, 4) is 22.0 Å². The van der Waals surface area contributed by atoms with E-state index in [-0.39, 0.29) is 28.9 Å². The summed E-state index contributed by atoms with van der Waals surface area (Å²) in [5, 5.41) is 14.7. The van der Waals surface area contributed by atoms with Crippen LogP contribution in [0.2, 0.25) is 5.15 Å². The van der Waals surface area contributed by atoms with E-state index in [0.29, 0.717) is 27.3 Å². The average molecular weight is 538 g/mol.